The summed E-state index contributed by atoms with van der Waals surface area (Å²) in [6.45, 7) is 3.97. The van der Waals surface area contributed by atoms with Crippen LogP contribution >= 0.6 is 0 Å². The zero-order valence-corrected chi connectivity index (χ0v) is 11.1. The van der Waals surface area contributed by atoms with Gasteiger partial charge in [0.25, 0.3) is 0 Å². The first-order chi connectivity index (χ1) is 8.89. The van der Waals surface area contributed by atoms with E-state index in [1.807, 2.05) is 4.90 Å². The van der Waals surface area contributed by atoms with Crippen molar-refractivity contribution in [2.24, 2.45) is 16.6 Å². The number of carbonyl (C=O) groups is 3. The van der Waals surface area contributed by atoms with E-state index in [0.29, 0.717) is 45.4 Å². The lowest BCUT2D eigenvalue weighted by Crippen LogP contribution is -2.72. The molecular weight excluding hydrogens is 246 g/mol. The Hall–Kier alpha value is -1.59. The molecule has 4 fully saturated rings. The highest BCUT2D eigenvalue weighted by Gasteiger charge is 2.74. The summed E-state index contributed by atoms with van der Waals surface area (Å²) >= 11 is 0. The summed E-state index contributed by atoms with van der Waals surface area (Å²) in [4.78, 5) is 38.5. The van der Waals surface area contributed by atoms with Crippen molar-refractivity contribution in [2.75, 3.05) is 26.2 Å². The van der Waals surface area contributed by atoms with Crippen molar-refractivity contribution in [1.82, 2.24) is 9.80 Å². The summed E-state index contributed by atoms with van der Waals surface area (Å²) in [5.74, 6) is -0.0484. The number of primary amides is 1. The van der Waals surface area contributed by atoms with Gasteiger partial charge in [-0.2, -0.15) is 0 Å². The predicted octanol–water partition coefficient (Wildman–Crippen LogP) is -0.667. The predicted molar refractivity (Wildman–Crippen MR) is 66.7 cm³/mol. The maximum Gasteiger partial charge on any atom is 0.229 e. The molecule has 1 saturated heterocycles. The second-order valence-electron chi connectivity index (χ2n) is 6.25. The summed E-state index contributed by atoms with van der Waals surface area (Å²) in [6, 6.07) is 0. The van der Waals surface area contributed by atoms with Crippen LogP contribution in [-0.2, 0) is 14.4 Å². The smallest absolute Gasteiger partial charge is 0.229 e. The van der Waals surface area contributed by atoms with Gasteiger partial charge in [-0.15, -0.1) is 0 Å². The van der Waals surface area contributed by atoms with Gasteiger partial charge in [0.1, 0.15) is 0 Å². The molecule has 0 aromatic carbocycles. The normalized spacial score (nSPS) is 36.3. The Morgan fingerprint density at radius 1 is 0.895 bits per heavy atom. The van der Waals surface area contributed by atoms with Crippen LogP contribution in [0.5, 0.6) is 0 Å². The van der Waals surface area contributed by atoms with Crippen LogP contribution in [0.1, 0.15) is 26.2 Å². The Morgan fingerprint density at radius 2 is 1.37 bits per heavy atom. The zero-order chi connectivity index (χ0) is 13.8. The first-order valence-electron chi connectivity index (χ1n) is 6.73. The molecule has 0 radical (unpaired) electrons. The molecule has 3 saturated carbocycles. The van der Waals surface area contributed by atoms with Gasteiger partial charge in [0.05, 0.1) is 10.8 Å². The molecule has 2 N–H and O–H groups in total. The molecule has 1 heterocycles. The third-order valence-corrected chi connectivity index (χ3v) is 5.02. The number of amides is 3. The van der Waals surface area contributed by atoms with Crippen molar-refractivity contribution >= 4 is 17.7 Å². The highest BCUT2D eigenvalue weighted by Crippen LogP contribution is 2.73. The first-order valence-corrected chi connectivity index (χ1v) is 6.73. The van der Waals surface area contributed by atoms with E-state index in [1.54, 1.807) is 11.8 Å². The molecule has 0 unspecified atom stereocenters. The van der Waals surface area contributed by atoms with Crippen LogP contribution in [0.15, 0.2) is 0 Å². The third kappa shape index (κ3) is 1.58. The van der Waals surface area contributed by atoms with Crippen molar-refractivity contribution in [3.8, 4) is 0 Å². The van der Waals surface area contributed by atoms with Gasteiger partial charge in [0, 0.05) is 33.1 Å². The number of nitrogens with two attached hydrogens (primary N) is 1. The lowest BCUT2D eigenvalue weighted by molar-refractivity contribution is -0.214. The highest BCUT2D eigenvalue weighted by atomic mass is 16.2. The fraction of sp³-hybridized carbons (Fsp3) is 0.769. The van der Waals surface area contributed by atoms with Crippen molar-refractivity contribution < 1.29 is 14.4 Å². The summed E-state index contributed by atoms with van der Waals surface area (Å²) in [5, 5.41) is 0. The lowest BCUT2D eigenvalue weighted by Gasteiger charge is -2.68. The number of rotatable bonds is 2. The Balaban J connectivity index is 1.57. The molecule has 0 aromatic heterocycles. The second-order valence-corrected chi connectivity index (χ2v) is 6.25. The van der Waals surface area contributed by atoms with E-state index in [9.17, 15) is 14.4 Å². The number of hydrogen-bond donors (Lipinski definition) is 1. The molecule has 4 rings (SSSR count). The van der Waals surface area contributed by atoms with Crippen molar-refractivity contribution in [3.63, 3.8) is 0 Å². The van der Waals surface area contributed by atoms with E-state index in [0.717, 1.165) is 0 Å². The van der Waals surface area contributed by atoms with Crippen LogP contribution in [0.4, 0.5) is 0 Å². The van der Waals surface area contributed by atoms with E-state index in [4.69, 9.17) is 5.73 Å². The van der Waals surface area contributed by atoms with Gasteiger partial charge in [-0.25, -0.2) is 0 Å². The fourth-order valence-corrected chi connectivity index (χ4v) is 3.84. The SMILES string of the molecule is CC(=O)N1CCN(C(=O)C23CC(C(N)=O)(C2)C3)CC1. The van der Waals surface area contributed by atoms with Gasteiger partial charge in [0.15, 0.2) is 0 Å². The topological polar surface area (TPSA) is 83.7 Å². The molecule has 6 nitrogen and oxygen atoms in total. The van der Waals surface area contributed by atoms with Gasteiger partial charge >= 0.3 is 0 Å². The minimum absolute atomic E-state index is 0.0605. The Morgan fingerprint density at radius 3 is 1.79 bits per heavy atom. The lowest BCUT2D eigenvalue weighted by atomic mass is 9.34. The minimum atomic E-state index is -0.378. The Kier molecular flexibility index (Phi) is 2.43. The van der Waals surface area contributed by atoms with Gasteiger partial charge in [0.2, 0.25) is 17.7 Å². The monoisotopic (exact) mass is 265 g/mol. The average molecular weight is 265 g/mol. The first kappa shape index (κ1) is 12.4. The van der Waals surface area contributed by atoms with Crippen molar-refractivity contribution in [2.45, 2.75) is 26.2 Å². The molecule has 6 heteroatoms. The van der Waals surface area contributed by atoms with Gasteiger partial charge in [-0.3, -0.25) is 14.4 Å². The van der Waals surface area contributed by atoms with Crippen molar-refractivity contribution in [1.29, 1.82) is 0 Å². The van der Waals surface area contributed by atoms with E-state index >= 15 is 0 Å². The fourth-order valence-electron chi connectivity index (χ4n) is 3.84. The van der Waals surface area contributed by atoms with E-state index in [1.165, 1.54) is 0 Å². The van der Waals surface area contributed by atoms with Crippen LogP contribution in [-0.4, -0.2) is 53.7 Å². The maximum absolute atomic E-state index is 12.5. The largest absolute Gasteiger partial charge is 0.369 e. The average Bonchev–Trinajstić information content (AvgIpc) is 2.24. The molecule has 3 aliphatic carbocycles. The molecule has 0 atom stereocenters. The van der Waals surface area contributed by atoms with E-state index in [2.05, 4.69) is 0 Å². The molecule has 2 bridgehead atoms. The van der Waals surface area contributed by atoms with Crippen LogP contribution in [0.3, 0.4) is 0 Å². The highest BCUT2D eigenvalue weighted by molar-refractivity contribution is 5.95. The number of nitrogens with zero attached hydrogens (tertiary/aromatic N) is 2. The third-order valence-electron chi connectivity index (χ3n) is 5.02. The van der Waals surface area contributed by atoms with Crippen LogP contribution in [0, 0.1) is 10.8 Å². The molecule has 104 valence electrons. The Labute approximate surface area is 111 Å². The summed E-state index contributed by atoms with van der Waals surface area (Å²) in [7, 11) is 0. The molecule has 19 heavy (non-hydrogen) atoms. The van der Waals surface area contributed by atoms with Crippen LogP contribution in [0.2, 0.25) is 0 Å². The molecule has 0 aromatic rings. The summed E-state index contributed by atoms with van der Waals surface area (Å²) in [6.07, 6.45) is 1.88. The van der Waals surface area contributed by atoms with Gasteiger partial charge in [-0.05, 0) is 19.3 Å². The van der Waals surface area contributed by atoms with Crippen LogP contribution in [0.25, 0.3) is 0 Å². The molecular formula is C13H19N3O3. The quantitative estimate of drug-likeness (QED) is 0.719. The molecule has 0 spiro atoms. The standard InChI is InChI=1S/C13H19N3O3/c1-9(17)15-2-4-16(5-3-15)11(19)13-6-12(7-13,8-13)10(14)18/h2-8H2,1H3,(H2,14,18). The van der Waals surface area contributed by atoms with Gasteiger partial charge in [-0.1, -0.05) is 0 Å². The summed E-state index contributed by atoms with van der Waals surface area (Å²) in [5.41, 5.74) is 4.66. The van der Waals surface area contributed by atoms with Crippen LogP contribution < -0.4 is 5.73 Å². The molecule has 1 aliphatic heterocycles. The molecule has 4 aliphatic rings. The number of carbonyl (C=O) groups excluding carboxylic acids is 3. The zero-order valence-electron chi connectivity index (χ0n) is 11.1. The van der Waals surface area contributed by atoms with Gasteiger partial charge < -0.3 is 15.5 Å². The second kappa shape index (κ2) is 3.71. The maximum atomic E-state index is 12.5. The Bertz CT molecular complexity index is 446. The van der Waals surface area contributed by atoms with E-state index < -0.39 is 0 Å². The number of piperazine rings is 1. The van der Waals surface area contributed by atoms with Crippen molar-refractivity contribution in [3.05, 3.63) is 0 Å². The number of hydrogen-bond acceptors (Lipinski definition) is 3. The summed E-state index contributed by atoms with van der Waals surface area (Å²) < 4.78 is 0. The molecule has 3 amide bonds. The van der Waals surface area contributed by atoms with E-state index in [-0.39, 0.29) is 28.6 Å². The minimum Gasteiger partial charge on any atom is -0.369 e.